The monoisotopic (exact) mass is 558 g/mol. The molecule has 40 heavy (non-hydrogen) atoms. The van der Waals surface area contributed by atoms with Gasteiger partial charge in [-0.25, -0.2) is 4.98 Å². The van der Waals surface area contributed by atoms with Gasteiger partial charge in [-0.15, -0.1) is 0 Å². The lowest BCUT2D eigenvalue weighted by Gasteiger charge is -2.11. The molecule has 1 unspecified atom stereocenters. The van der Waals surface area contributed by atoms with Crippen LogP contribution in [0.15, 0.2) is 60.7 Å². The van der Waals surface area contributed by atoms with Crippen LogP contribution in [0.5, 0.6) is 17.2 Å². The summed E-state index contributed by atoms with van der Waals surface area (Å²) in [6.07, 6.45) is 6.43. The fourth-order valence-corrected chi connectivity index (χ4v) is 5.61. The maximum atomic E-state index is 11.8. The number of benzene rings is 3. The van der Waals surface area contributed by atoms with Crippen molar-refractivity contribution in [2.24, 2.45) is 7.05 Å². The first kappa shape index (κ1) is 27.6. The second-order valence-corrected chi connectivity index (χ2v) is 11.2. The summed E-state index contributed by atoms with van der Waals surface area (Å²) in [7, 11) is 1.95. The lowest BCUT2D eigenvalue weighted by Crippen LogP contribution is -2.25. The van der Waals surface area contributed by atoms with E-state index in [1.807, 2.05) is 66.2 Å². The largest absolute Gasteiger partial charge is 0.486 e. The number of hydrogen-bond acceptors (Lipinski definition) is 7. The van der Waals surface area contributed by atoms with Crippen LogP contribution in [0.1, 0.15) is 49.6 Å². The number of nitrogens with one attached hydrogen (secondary N) is 1. The summed E-state index contributed by atoms with van der Waals surface area (Å²) < 4.78 is 14.1. The smallest absolute Gasteiger partial charge is 0.286 e. The van der Waals surface area contributed by atoms with Crippen LogP contribution < -0.4 is 20.5 Å². The van der Waals surface area contributed by atoms with Crippen LogP contribution in [0.25, 0.3) is 11.0 Å². The Labute approximate surface area is 238 Å². The van der Waals surface area contributed by atoms with Crippen LogP contribution in [-0.2, 0) is 31.3 Å². The zero-order valence-electron chi connectivity index (χ0n) is 22.8. The second kappa shape index (κ2) is 12.5. The number of carbonyl (C=O) groups excluding carboxylic acids is 2. The molecule has 3 N–H and O–H groups in total. The Morgan fingerprint density at radius 2 is 1.75 bits per heavy atom. The molecule has 0 spiro atoms. The van der Waals surface area contributed by atoms with Crippen LogP contribution in [0.2, 0.25) is 0 Å². The average Bonchev–Trinajstić information content (AvgIpc) is 3.44. The molecule has 2 heterocycles. The third-order valence-corrected chi connectivity index (χ3v) is 8.03. The molecule has 4 aromatic rings. The van der Waals surface area contributed by atoms with Gasteiger partial charge >= 0.3 is 0 Å². The van der Waals surface area contributed by atoms with E-state index in [1.165, 1.54) is 31.2 Å². The minimum absolute atomic E-state index is 0.236. The Balaban J connectivity index is 1.20. The number of anilines is 1. The number of thioether (sulfide) groups is 1. The molecule has 1 aliphatic rings. The number of nitrogens with zero attached hydrogens (tertiary/aromatic N) is 2. The fraction of sp³-hybridized carbons (Fsp3) is 0.323. The Bertz CT molecular complexity index is 1520. The van der Waals surface area contributed by atoms with Gasteiger partial charge in [0.05, 0.1) is 22.0 Å². The molecule has 1 atom stereocenters. The van der Waals surface area contributed by atoms with Crippen LogP contribution in [0.3, 0.4) is 0 Å². The molecule has 3 aromatic carbocycles. The highest BCUT2D eigenvalue weighted by Crippen LogP contribution is 2.31. The maximum Gasteiger partial charge on any atom is 0.286 e. The van der Waals surface area contributed by atoms with Crippen molar-refractivity contribution in [1.82, 2.24) is 14.9 Å². The molecule has 0 radical (unpaired) electrons. The molecule has 1 fully saturated rings. The Morgan fingerprint density at radius 1 is 0.975 bits per heavy atom. The van der Waals surface area contributed by atoms with E-state index in [1.54, 1.807) is 0 Å². The standard InChI is InChI=1S/C31H34N4O4S/c1-3-4-5-6-7-20-10-15-27(24(32)16-20)39-23-13-14-25-26(18-23)35(2)29(33-25)19-38-22-11-8-21(9-12-22)17-28-30(36)34-31(37)40-28/h8-16,18,28H,3-7,17,19,32H2,1-2H3,(H,34,36,37). The topological polar surface area (TPSA) is 108 Å². The number of unbranched alkanes of at least 4 members (excludes halogenated alkanes) is 3. The van der Waals surface area contributed by atoms with Crippen molar-refractivity contribution < 1.29 is 19.1 Å². The van der Waals surface area contributed by atoms with Crippen LogP contribution in [0.4, 0.5) is 10.5 Å². The molecule has 1 saturated heterocycles. The number of imidazole rings is 1. The van der Waals surface area contributed by atoms with E-state index < -0.39 is 0 Å². The van der Waals surface area contributed by atoms with Gasteiger partial charge in [-0.3, -0.25) is 14.9 Å². The van der Waals surface area contributed by atoms with Crippen LogP contribution in [0, 0.1) is 0 Å². The van der Waals surface area contributed by atoms with Gasteiger partial charge in [0, 0.05) is 13.1 Å². The molecule has 1 aromatic heterocycles. The Kier molecular flexibility index (Phi) is 8.60. The second-order valence-electron chi connectivity index (χ2n) is 10.0. The zero-order valence-corrected chi connectivity index (χ0v) is 23.6. The van der Waals surface area contributed by atoms with Crippen molar-refractivity contribution in [2.75, 3.05) is 5.73 Å². The first-order chi connectivity index (χ1) is 19.4. The first-order valence-electron chi connectivity index (χ1n) is 13.6. The lowest BCUT2D eigenvalue weighted by atomic mass is 10.1. The molecule has 0 bridgehead atoms. The van der Waals surface area contributed by atoms with E-state index in [9.17, 15) is 9.59 Å². The minimum atomic E-state index is -0.385. The van der Waals surface area contributed by atoms with Crippen LogP contribution in [-0.4, -0.2) is 25.9 Å². The van der Waals surface area contributed by atoms with Gasteiger partial charge in [0.2, 0.25) is 5.91 Å². The summed E-state index contributed by atoms with van der Waals surface area (Å²) >= 11 is 1.03. The molecule has 0 saturated carbocycles. The molecule has 0 aliphatic carbocycles. The summed E-state index contributed by atoms with van der Waals surface area (Å²) in [5.41, 5.74) is 10.9. The number of rotatable bonds is 12. The number of fused-ring (bicyclic) bond motifs is 1. The number of nitrogens with two attached hydrogens (primary N) is 1. The van der Waals surface area contributed by atoms with E-state index in [0.717, 1.165) is 40.6 Å². The van der Waals surface area contributed by atoms with Crippen molar-refractivity contribution in [3.05, 3.63) is 77.6 Å². The van der Waals surface area contributed by atoms with Crippen LogP contribution >= 0.6 is 11.8 Å². The minimum Gasteiger partial charge on any atom is -0.486 e. The first-order valence-corrected chi connectivity index (χ1v) is 14.5. The van der Waals surface area contributed by atoms with Crippen molar-refractivity contribution in [3.8, 4) is 17.2 Å². The maximum absolute atomic E-state index is 11.8. The Morgan fingerprint density at radius 3 is 2.48 bits per heavy atom. The van der Waals surface area contributed by atoms with Gasteiger partial charge in [-0.1, -0.05) is 56.1 Å². The fourth-order valence-electron chi connectivity index (χ4n) is 4.75. The highest BCUT2D eigenvalue weighted by Gasteiger charge is 2.31. The number of aromatic nitrogens is 2. The predicted octanol–water partition coefficient (Wildman–Crippen LogP) is 6.54. The molecule has 208 valence electrons. The molecular formula is C31H34N4O4S. The highest BCUT2D eigenvalue weighted by molar-refractivity contribution is 8.15. The SMILES string of the molecule is CCCCCCc1ccc(Oc2ccc3nc(COc4ccc(CC5SC(=O)NC5=O)cc4)n(C)c3c2)c(N)c1. The lowest BCUT2D eigenvalue weighted by molar-refractivity contribution is -0.118. The summed E-state index contributed by atoms with van der Waals surface area (Å²) in [5, 5.41) is 1.65. The molecule has 1 aliphatic heterocycles. The molecule has 2 amide bonds. The van der Waals surface area contributed by atoms with Gasteiger partial charge in [0.1, 0.15) is 29.7 Å². The van der Waals surface area contributed by atoms with Gasteiger partial charge in [0.25, 0.3) is 5.24 Å². The van der Waals surface area contributed by atoms with E-state index in [4.69, 9.17) is 20.2 Å². The normalized spacial score (nSPS) is 15.0. The van der Waals surface area contributed by atoms with E-state index in [2.05, 4.69) is 18.3 Å². The van der Waals surface area contributed by atoms with E-state index in [-0.39, 0.29) is 16.4 Å². The molecule has 5 rings (SSSR count). The molecular weight excluding hydrogens is 524 g/mol. The number of aryl methyl sites for hydroxylation is 2. The van der Waals surface area contributed by atoms with E-state index in [0.29, 0.717) is 36.0 Å². The third kappa shape index (κ3) is 6.59. The predicted molar refractivity (Wildman–Crippen MR) is 159 cm³/mol. The number of imide groups is 1. The summed E-state index contributed by atoms with van der Waals surface area (Å²) in [5.74, 6) is 2.58. The molecule has 8 nitrogen and oxygen atoms in total. The van der Waals surface area contributed by atoms with Gasteiger partial charge < -0.3 is 19.8 Å². The van der Waals surface area contributed by atoms with Gasteiger partial charge in [-0.2, -0.15) is 0 Å². The van der Waals surface area contributed by atoms with Crippen molar-refractivity contribution in [1.29, 1.82) is 0 Å². The van der Waals surface area contributed by atoms with Gasteiger partial charge in [-0.05, 0) is 66.8 Å². The third-order valence-electron chi connectivity index (χ3n) is 7.05. The average molecular weight is 559 g/mol. The molecule has 9 heteroatoms. The number of hydrogen-bond donors (Lipinski definition) is 2. The zero-order chi connectivity index (χ0) is 28.1. The van der Waals surface area contributed by atoms with Crippen molar-refractivity contribution >= 4 is 39.6 Å². The van der Waals surface area contributed by atoms with Crippen molar-refractivity contribution in [3.63, 3.8) is 0 Å². The summed E-state index contributed by atoms with van der Waals surface area (Å²) in [6, 6.07) is 19.4. The van der Waals surface area contributed by atoms with Gasteiger partial charge in [0.15, 0.2) is 0 Å². The van der Waals surface area contributed by atoms with Crippen molar-refractivity contribution in [2.45, 2.75) is 57.3 Å². The number of carbonyl (C=O) groups is 2. The van der Waals surface area contributed by atoms with E-state index >= 15 is 0 Å². The summed E-state index contributed by atoms with van der Waals surface area (Å²) in [4.78, 5) is 27.9. The Hall–Kier alpha value is -3.98. The summed E-state index contributed by atoms with van der Waals surface area (Å²) in [6.45, 7) is 2.51. The number of ether oxygens (including phenoxy) is 2. The number of amides is 2. The number of nitrogen functional groups attached to an aromatic ring is 1. The highest BCUT2D eigenvalue weighted by atomic mass is 32.2. The quantitative estimate of drug-likeness (QED) is 0.150.